The highest BCUT2D eigenvalue weighted by molar-refractivity contribution is 5.83. The van der Waals surface area contributed by atoms with Crippen LogP contribution < -0.4 is 5.32 Å². The Balaban J connectivity index is 2.48. The third kappa shape index (κ3) is 1.69. The van der Waals surface area contributed by atoms with E-state index in [1.165, 1.54) is 5.56 Å². The average molecular weight is 186 g/mol. The molecule has 14 heavy (non-hydrogen) atoms. The molecule has 1 N–H and O–H groups in total. The van der Waals surface area contributed by atoms with E-state index < -0.39 is 0 Å². The number of nitrogens with one attached hydrogen (secondary N) is 1. The summed E-state index contributed by atoms with van der Waals surface area (Å²) in [6.45, 7) is 3.02. The fourth-order valence-electron chi connectivity index (χ4n) is 1.57. The van der Waals surface area contributed by atoms with Crippen molar-refractivity contribution in [2.24, 2.45) is 4.99 Å². The maximum absolute atomic E-state index is 4.46. The zero-order valence-corrected chi connectivity index (χ0v) is 8.33. The van der Waals surface area contributed by atoms with Crippen LogP contribution in [0.2, 0.25) is 0 Å². The Kier molecular flexibility index (Phi) is 2.63. The van der Waals surface area contributed by atoms with Gasteiger partial charge in [0.05, 0.1) is 11.4 Å². The van der Waals surface area contributed by atoms with Crippen LogP contribution in [-0.4, -0.2) is 12.8 Å². The van der Waals surface area contributed by atoms with Gasteiger partial charge in [0.25, 0.3) is 0 Å². The maximum atomic E-state index is 4.46. The highest BCUT2D eigenvalue weighted by Crippen LogP contribution is 2.31. The molecule has 0 aliphatic carbocycles. The predicted octanol–water partition coefficient (Wildman–Crippen LogP) is 3.24. The summed E-state index contributed by atoms with van der Waals surface area (Å²) in [4.78, 5) is 4.46. The van der Waals surface area contributed by atoms with Crippen LogP contribution in [0.5, 0.6) is 0 Å². The molecule has 0 saturated carbocycles. The second-order valence-corrected chi connectivity index (χ2v) is 3.22. The Labute approximate surface area is 84.4 Å². The van der Waals surface area contributed by atoms with E-state index in [9.17, 15) is 0 Å². The van der Waals surface area contributed by atoms with Gasteiger partial charge in [-0.3, -0.25) is 4.99 Å². The monoisotopic (exact) mass is 186 g/mol. The minimum atomic E-state index is 0.917. The lowest BCUT2D eigenvalue weighted by molar-refractivity contribution is 1.21. The van der Waals surface area contributed by atoms with E-state index in [-0.39, 0.29) is 0 Å². The Hall–Kier alpha value is -1.57. The molecule has 0 unspecified atom stereocenters. The van der Waals surface area contributed by atoms with Gasteiger partial charge in [-0.1, -0.05) is 24.3 Å². The number of rotatable bonds is 2. The first-order valence-electron chi connectivity index (χ1n) is 4.97. The van der Waals surface area contributed by atoms with Crippen molar-refractivity contribution in [2.45, 2.75) is 13.3 Å². The molecule has 1 aromatic rings. The van der Waals surface area contributed by atoms with Crippen LogP contribution in [0.1, 0.15) is 18.9 Å². The van der Waals surface area contributed by atoms with E-state index in [1.54, 1.807) is 0 Å². The van der Waals surface area contributed by atoms with E-state index in [0.717, 1.165) is 24.3 Å². The highest BCUT2D eigenvalue weighted by Gasteiger charge is 2.04. The molecule has 0 amide bonds. The normalized spacial score (nSPS) is 13.5. The number of anilines is 1. The minimum Gasteiger partial charge on any atom is -0.384 e. The first-order chi connectivity index (χ1) is 6.92. The molecule has 0 radical (unpaired) electrons. The van der Waals surface area contributed by atoms with Gasteiger partial charge in [-0.2, -0.15) is 0 Å². The number of aliphatic imine (C=N–C) groups is 1. The van der Waals surface area contributed by atoms with Gasteiger partial charge in [-0.15, -0.1) is 0 Å². The van der Waals surface area contributed by atoms with Crippen molar-refractivity contribution < 1.29 is 0 Å². The van der Waals surface area contributed by atoms with Crippen LogP contribution in [0, 0.1) is 0 Å². The Morgan fingerprint density at radius 3 is 3.21 bits per heavy atom. The van der Waals surface area contributed by atoms with E-state index in [1.807, 2.05) is 6.21 Å². The summed E-state index contributed by atoms with van der Waals surface area (Å²) in [6.07, 6.45) is 7.12. The quantitative estimate of drug-likeness (QED) is 0.753. The first kappa shape index (κ1) is 9.00. The molecule has 0 fully saturated rings. The van der Waals surface area contributed by atoms with Gasteiger partial charge in [0, 0.05) is 24.7 Å². The molecule has 0 spiro atoms. The lowest BCUT2D eigenvalue weighted by atomic mass is 10.1. The Bertz CT molecular complexity index is 378. The van der Waals surface area contributed by atoms with E-state index in [0.29, 0.717) is 0 Å². The number of hydrogen-bond acceptors (Lipinski definition) is 2. The van der Waals surface area contributed by atoms with Gasteiger partial charge in [0.15, 0.2) is 0 Å². The van der Waals surface area contributed by atoms with Gasteiger partial charge in [0.2, 0.25) is 0 Å². The summed E-state index contributed by atoms with van der Waals surface area (Å²) < 4.78 is 0. The molecule has 0 bridgehead atoms. The van der Waals surface area contributed by atoms with Crippen LogP contribution in [-0.2, 0) is 0 Å². The number of hydrogen-bond donors (Lipinski definition) is 1. The molecule has 1 aliphatic heterocycles. The standard InChI is InChI=1S/C12H14N2/c1-2-13-11-8-5-7-10-6-3-4-9-14-12(10)11/h3,5-9,13H,2,4H2,1H3. The van der Waals surface area contributed by atoms with Crippen LogP contribution >= 0.6 is 0 Å². The summed E-state index contributed by atoms with van der Waals surface area (Å²) in [5, 5.41) is 3.32. The fourth-order valence-corrected chi connectivity index (χ4v) is 1.57. The minimum absolute atomic E-state index is 0.917. The van der Waals surface area contributed by atoms with Crippen molar-refractivity contribution in [3.05, 3.63) is 29.8 Å². The Morgan fingerprint density at radius 1 is 1.43 bits per heavy atom. The average Bonchev–Trinajstić information content (AvgIpc) is 2.44. The molecular weight excluding hydrogens is 172 g/mol. The summed E-state index contributed by atoms with van der Waals surface area (Å²) in [5.41, 5.74) is 3.37. The van der Waals surface area contributed by atoms with Crippen molar-refractivity contribution in [3.63, 3.8) is 0 Å². The second-order valence-electron chi connectivity index (χ2n) is 3.22. The van der Waals surface area contributed by atoms with Gasteiger partial charge < -0.3 is 5.32 Å². The van der Waals surface area contributed by atoms with Gasteiger partial charge >= 0.3 is 0 Å². The van der Waals surface area contributed by atoms with E-state index in [2.05, 4.69) is 47.6 Å². The lowest BCUT2D eigenvalue weighted by Crippen LogP contribution is -1.97. The summed E-state index contributed by atoms with van der Waals surface area (Å²) >= 11 is 0. The molecule has 72 valence electrons. The predicted molar refractivity (Wildman–Crippen MR) is 62.4 cm³/mol. The smallest absolute Gasteiger partial charge is 0.0929 e. The van der Waals surface area contributed by atoms with Gasteiger partial charge in [0.1, 0.15) is 0 Å². The number of nitrogens with zero attached hydrogens (tertiary/aromatic N) is 1. The number of benzene rings is 1. The topological polar surface area (TPSA) is 24.4 Å². The largest absolute Gasteiger partial charge is 0.384 e. The van der Waals surface area contributed by atoms with Crippen molar-refractivity contribution in [3.8, 4) is 0 Å². The summed E-state index contributed by atoms with van der Waals surface area (Å²) in [6, 6.07) is 6.22. The van der Waals surface area contributed by atoms with Crippen LogP contribution in [0.4, 0.5) is 11.4 Å². The molecule has 1 heterocycles. The van der Waals surface area contributed by atoms with E-state index >= 15 is 0 Å². The van der Waals surface area contributed by atoms with Crippen LogP contribution in [0.25, 0.3) is 6.08 Å². The molecule has 1 aliphatic rings. The molecule has 1 aromatic carbocycles. The zero-order chi connectivity index (χ0) is 9.80. The maximum Gasteiger partial charge on any atom is 0.0929 e. The zero-order valence-electron chi connectivity index (χ0n) is 8.33. The number of fused-ring (bicyclic) bond motifs is 1. The molecule has 0 aromatic heterocycles. The summed E-state index contributed by atoms with van der Waals surface area (Å²) in [7, 11) is 0. The molecule has 2 rings (SSSR count). The second kappa shape index (κ2) is 4.09. The molecule has 0 atom stereocenters. The van der Waals surface area contributed by atoms with Gasteiger partial charge in [-0.05, 0) is 13.0 Å². The highest BCUT2D eigenvalue weighted by atomic mass is 14.9. The van der Waals surface area contributed by atoms with Crippen molar-refractivity contribution >= 4 is 23.7 Å². The lowest BCUT2D eigenvalue weighted by Gasteiger charge is -2.08. The van der Waals surface area contributed by atoms with Crippen molar-refractivity contribution in [2.75, 3.05) is 11.9 Å². The molecule has 0 saturated heterocycles. The Morgan fingerprint density at radius 2 is 2.36 bits per heavy atom. The van der Waals surface area contributed by atoms with Crippen molar-refractivity contribution in [1.29, 1.82) is 0 Å². The molecular formula is C12H14N2. The third-order valence-electron chi connectivity index (χ3n) is 2.19. The fraction of sp³-hybridized carbons (Fsp3) is 0.250. The summed E-state index contributed by atoms with van der Waals surface area (Å²) in [5.74, 6) is 0. The number of allylic oxidation sites excluding steroid dienone is 1. The third-order valence-corrected chi connectivity index (χ3v) is 2.19. The van der Waals surface area contributed by atoms with Gasteiger partial charge in [-0.25, -0.2) is 0 Å². The SMILES string of the molecule is CCNc1cccc2c1N=CCC=C2. The first-order valence-corrected chi connectivity index (χ1v) is 4.97. The van der Waals surface area contributed by atoms with E-state index in [4.69, 9.17) is 0 Å². The molecule has 2 heteroatoms. The van der Waals surface area contributed by atoms with Crippen molar-refractivity contribution in [1.82, 2.24) is 0 Å². The van der Waals surface area contributed by atoms with Crippen LogP contribution in [0.15, 0.2) is 29.3 Å². The molecule has 2 nitrogen and oxygen atoms in total. The number of para-hydroxylation sites is 1. The van der Waals surface area contributed by atoms with Crippen LogP contribution in [0.3, 0.4) is 0 Å².